The fraction of sp³-hybridized carbons (Fsp3) is 0.208. The van der Waals surface area contributed by atoms with E-state index in [9.17, 15) is 9.90 Å². The van der Waals surface area contributed by atoms with E-state index in [4.69, 9.17) is 0 Å². The van der Waals surface area contributed by atoms with Crippen LogP contribution < -0.4 is 10.6 Å². The Bertz CT molecular complexity index is 928. The number of fused-ring (bicyclic) bond motifs is 1. The maximum absolute atomic E-state index is 12.8. The predicted molar refractivity (Wildman–Crippen MR) is 110 cm³/mol. The van der Waals surface area contributed by atoms with Gasteiger partial charge in [0.2, 0.25) is 5.91 Å². The van der Waals surface area contributed by atoms with Crippen LogP contribution in [0.25, 0.3) is 0 Å². The molecule has 1 aliphatic rings. The molecule has 1 aliphatic heterocycles. The van der Waals surface area contributed by atoms with Crippen LogP contribution in [0.5, 0.6) is 0 Å². The molecule has 3 aromatic rings. The van der Waals surface area contributed by atoms with Crippen molar-refractivity contribution in [2.24, 2.45) is 0 Å². The average molecular weight is 372 g/mol. The van der Waals surface area contributed by atoms with E-state index in [1.54, 1.807) is 0 Å². The fourth-order valence-electron chi connectivity index (χ4n) is 3.77. The number of aliphatic hydroxyl groups excluding tert-OH is 1. The molecule has 142 valence electrons. The second-order valence-corrected chi connectivity index (χ2v) is 7.15. The molecule has 0 aliphatic carbocycles. The third-order valence-electron chi connectivity index (χ3n) is 5.31. The van der Waals surface area contributed by atoms with E-state index < -0.39 is 18.2 Å². The summed E-state index contributed by atoms with van der Waals surface area (Å²) in [4.78, 5) is 12.8. The van der Waals surface area contributed by atoms with Crippen LogP contribution in [-0.2, 0) is 17.8 Å². The molecule has 1 heterocycles. The molecule has 4 rings (SSSR count). The third-order valence-corrected chi connectivity index (χ3v) is 5.31. The fourth-order valence-corrected chi connectivity index (χ4v) is 3.77. The number of hydrogen-bond acceptors (Lipinski definition) is 3. The van der Waals surface area contributed by atoms with Crippen LogP contribution in [0.4, 0.5) is 0 Å². The predicted octanol–water partition coefficient (Wildman–Crippen LogP) is 3.29. The monoisotopic (exact) mass is 372 g/mol. The second kappa shape index (κ2) is 8.38. The molecule has 0 aromatic heterocycles. The molecule has 4 heteroatoms. The van der Waals surface area contributed by atoms with E-state index in [2.05, 4.69) is 16.7 Å². The van der Waals surface area contributed by atoms with Crippen molar-refractivity contribution in [3.05, 3.63) is 107 Å². The lowest BCUT2D eigenvalue weighted by Crippen LogP contribution is -2.46. The van der Waals surface area contributed by atoms with Gasteiger partial charge in [0.15, 0.2) is 0 Å². The highest BCUT2D eigenvalue weighted by Crippen LogP contribution is 2.30. The standard InChI is InChI=1S/C24H24N2O2/c27-23(18-11-5-2-6-12-18)22(17-9-3-1-4-10-17)26-21-15-19-13-7-8-14-20(19)16-25-24(21)28/h1-14,21-23,26-27H,15-16H2,(H,25,28)/t21-,22-,23+/m0/s1. The minimum atomic E-state index is -0.769. The van der Waals surface area contributed by atoms with E-state index >= 15 is 0 Å². The molecule has 0 spiro atoms. The molecule has 0 saturated heterocycles. The highest BCUT2D eigenvalue weighted by atomic mass is 16.3. The Labute approximate surface area is 165 Å². The van der Waals surface area contributed by atoms with Crippen molar-refractivity contribution in [3.63, 3.8) is 0 Å². The number of amides is 1. The number of hydrogen-bond donors (Lipinski definition) is 3. The molecule has 0 radical (unpaired) electrons. The van der Waals surface area contributed by atoms with Crippen molar-refractivity contribution < 1.29 is 9.90 Å². The number of rotatable bonds is 5. The lowest BCUT2D eigenvalue weighted by atomic mass is 9.93. The first-order chi connectivity index (χ1) is 13.7. The highest BCUT2D eigenvalue weighted by Gasteiger charge is 2.30. The van der Waals surface area contributed by atoms with E-state index in [1.165, 1.54) is 0 Å². The number of carbonyl (C=O) groups is 1. The summed E-state index contributed by atoms with van der Waals surface area (Å²) < 4.78 is 0. The minimum Gasteiger partial charge on any atom is -0.386 e. The average Bonchev–Trinajstić information content (AvgIpc) is 2.91. The van der Waals surface area contributed by atoms with Gasteiger partial charge in [-0.2, -0.15) is 0 Å². The van der Waals surface area contributed by atoms with Gasteiger partial charge >= 0.3 is 0 Å². The maximum atomic E-state index is 12.8. The van der Waals surface area contributed by atoms with Gasteiger partial charge in [-0.3, -0.25) is 10.1 Å². The van der Waals surface area contributed by atoms with Crippen LogP contribution >= 0.6 is 0 Å². The first-order valence-electron chi connectivity index (χ1n) is 9.61. The zero-order chi connectivity index (χ0) is 19.3. The Morgan fingerprint density at radius 2 is 1.39 bits per heavy atom. The number of benzene rings is 3. The van der Waals surface area contributed by atoms with Gasteiger partial charge in [-0.25, -0.2) is 0 Å². The minimum absolute atomic E-state index is 0.0441. The molecule has 1 amide bonds. The summed E-state index contributed by atoms with van der Waals surface area (Å²) in [5.41, 5.74) is 4.06. The zero-order valence-corrected chi connectivity index (χ0v) is 15.6. The first-order valence-corrected chi connectivity index (χ1v) is 9.61. The van der Waals surface area contributed by atoms with E-state index in [0.29, 0.717) is 13.0 Å². The van der Waals surface area contributed by atoms with Gasteiger partial charge in [-0.05, 0) is 28.7 Å². The topological polar surface area (TPSA) is 61.4 Å². The molecule has 0 saturated carbocycles. The molecule has 3 N–H and O–H groups in total. The summed E-state index contributed by atoms with van der Waals surface area (Å²) in [5.74, 6) is -0.0441. The Morgan fingerprint density at radius 3 is 2.07 bits per heavy atom. The molecule has 0 unspecified atom stereocenters. The van der Waals surface area contributed by atoms with E-state index in [0.717, 1.165) is 22.3 Å². The van der Waals surface area contributed by atoms with Crippen LogP contribution in [0, 0.1) is 0 Å². The van der Waals surface area contributed by atoms with Gasteiger partial charge in [-0.15, -0.1) is 0 Å². The van der Waals surface area contributed by atoms with Crippen LogP contribution in [-0.4, -0.2) is 17.1 Å². The van der Waals surface area contributed by atoms with Crippen molar-refractivity contribution in [1.29, 1.82) is 0 Å². The summed E-state index contributed by atoms with van der Waals surface area (Å²) in [5, 5.41) is 17.6. The molecular weight excluding hydrogens is 348 g/mol. The first kappa shape index (κ1) is 18.4. The van der Waals surface area contributed by atoms with Gasteiger partial charge in [0.05, 0.1) is 18.2 Å². The Kier molecular flexibility index (Phi) is 5.51. The second-order valence-electron chi connectivity index (χ2n) is 7.15. The van der Waals surface area contributed by atoms with Crippen molar-refractivity contribution in [1.82, 2.24) is 10.6 Å². The molecule has 0 bridgehead atoms. The van der Waals surface area contributed by atoms with E-state index in [-0.39, 0.29) is 5.91 Å². The van der Waals surface area contributed by atoms with Crippen molar-refractivity contribution in [2.45, 2.75) is 31.2 Å². The van der Waals surface area contributed by atoms with Gasteiger partial charge in [0.1, 0.15) is 0 Å². The molecular formula is C24H24N2O2. The maximum Gasteiger partial charge on any atom is 0.237 e. The summed E-state index contributed by atoms with van der Waals surface area (Å²) in [6, 6.07) is 26.6. The Balaban J connectivity index is 1.64. The smallest absolute Gasteiger partial charge is 0.237 e. The van der Waals surface area contributed by atoms with Crippen molar-refractivity contribution in [3.8, 4) is 0 Å². The normalized spacial score (nSPS) is 18.5. The molecule has 4 nitrogen and oxygen atoms in total. The molecule has 28 heavy (non-hydrogen) atoms. The third kappa shape index (κ3) is 3.98. The van der Waals surface area contributed by atoms with Gasteiger partial charge < -0.3 is 10.4 Å². The quantitative estimate of drug-likeness (QED) is 0.644. The number of aliphatic hydroxyl groups is 1. The van der Waals surface area contributed by atoms with Gasteiger partial charge in [0, 0.05) is 6.54 Å². The summed E-state index contributed by atoms with van der Waals surface area (Å²) >= 11 is 0. The lowest BCUT2D eigenvalue weighted by Gasteiger charge is -2.29. The van der Waals surface area contributed by atoms with E-state index in [1.807, 2.05) is 78.9 Å². The SMILES string of the molecule is O=C1NCc2ccccc2C[C@@H]1N[C@@H](c1ccccc1)[C@H](O)c1ccccc1. The molecule has 0 fully saturated rings. The summed E-state index contributed by atoms with van der Waals surface area (Å²) in [7, 11) is 0. The van der Waals surface area contributed by atoms with Crippen molar-refractivity contribution in [2.75, 3.05) is 0 Å². The Morgan fingerprint density at radius 1 is 0.821 bits per heavy atom. The van der Waals surface area contributed by atoms with Crippen LogP contribution in [0.1, 0.15) is 34.4 Å². The largest absolute Gasteiger partial charge is 0.386 e. The Hall–Kier alpha value is -2.95. The van der Waals surface area contributed by atoms with Crippen LogP contribution in [0.2, 0.25) is 0 Å². The molecule has 3 aromatic carbocycles. The van der Waals surface area contributed by atoms with Crippen molar-refractivity contribution >= 4 is 5.91 Å². The highest BCUT2D eigenvalue weighted by molar-refractivity contribution is 5.83. The van der Waals surface area contributed by atoms with Gasteiger partial charge in [-0.1, -0.05) is 84.9 Å². The van der Waals surface area contributed by atoms with Gasteiger partial charge in [0.25, 0.3) is 0 Å². The number of nitrogens with one attached hydrogen (secondary N) is 2. The summed E-state index contributed by atoms with van der Waals surface area (Å²) in [6.07, 6.45) is -0.178. The molecule has 3 atom stereocenters. The van der Waals surface area contributed by atoms with Crippen LogP contribution in [0.3, 0.4) is 0 Å². The van der Waals surface area contributed by atoms with Crippen LogP contribution in [0.15, 0.2) is 84.9 Å². The summed E-state index contributed by atoms with van der Waals surface area (Å²) in [6.45, 7) is 0.532. The number of carbonyl (C=O) groups excluding carboxylic acids is 1. The zero-order valence-electron chi connectivity index (χ0n) is 15.6. The lowest BCUT2D eigenvalue weighted by molar-refractivity contribution is -0.123.